The zero-order valence-corrected chi connectivity index (χ0v) is 12.0. The van der Waals surface area contributed by atoms with Crippen LogP contribution < -0.4 is 5.32 Å². The second-order valence-electron chi connectivity index (χ2n) is 4.75. The molecule has 6 nitrogen and oxygen atoms in total. The van der Waals surface area contributed by atoms with Crippen LogP contribution in [0.4, 0.5) is 0 Å². The van der Waals surface area contributed by atoms with Gasteiger partial charge in [0.05, 0.1) is 5.52 Å². The summed E-state index contributed by atoms with van der Waals surface area (Å²) >= 11 is 0. The number of para-hydroxylation sites is 1. The molecule has 0 atom stereocenters. The Kier molecular flexibility index (Phi) is 5.31. The fraction of sp³-hybridized carbons (Fsp3) is 0.400. The lowest BCUT2D eigenvalue weighted by Crippen LogP contribution is -2.29. The lowest BCUT2D eigenvalue weighted by atomic mass is 10.2. The van der Waals surface area contributed by atoms with Gasteiger partial charge in [-0.2, -0.15) is 5.10 Å². The Labute approximate surface area is 122 Å². The normalized spacial score (nSPS) is 10.5. The first-order chi connectivity index (χ1) is 10.2. The van der Waals surface area contributed by atoms with Crippen molar-refractivity contribution < 1.29 is 14.3 Å². The number of carbonyl (C=O) groups is 2. The Morgan fingerprint density at radius 2 is 2.10 bits per heavy atom. The van der Waals surface area contributed by atoms with Crippen molar-refractivity contribution in [2.45, 2.75) is 26.2 Å². The van der Waals surface area contributed by atoms with Crippen LogP contribution in [0.2, 0.25) is 0 Å². The topological polar surface area (TPSA) is 84.1 Å². The molecule has 1 amide bonds. The molecule has 0 aliphatic heterocycles. The van der Waals surface area contributed by atoms with Crippen LogP contribution in [0.15, 0.2) is 24.3 Å². The lowest BCUT2D eigenvalue weighted by molar-refractivity contribution is -0.124. The van der Waals surface area contributed by atoms with Crippen LogP contribution in [-0.4, -0.2) is 35.2 Å². The molecular formula is C15H19N3O3. The van der Waals surface area contributed by atoms with Crippen molar-refractivity contribution in [1.29, 1.82) is 0 Å². The van der Waals surface area contributed by atoms with E-state index in [0.717, 1.165) is 24.8 Å². The molecule has 1 aromatic carbocycles. The predicted octanol–water partition coefficient (Wildman–Crippen LogP) is 2.03. The Morgan fingerprint density at radius 1 is 1.29 bits per heavy atom. The largest absolute Gasteiger partial charge is 0.451 e. The van der Waals surface area contributed by atoms with Gasteiger partial charge in [-0.05, 0) is 12.5 Å². The number of hydrogen-bond acceptors (Lipinski definition) is 4. The van der Waals surface area contributed by atoms with Gasteiger partial charge in [0.15, 0.2) is 12.3 Å². The fourth-order valence-electron chi connectivity index (χ4n) is 1.97. The molecule has 0 bridgehead atoms. The molecule has 21 heavy (non-hydrogen) atoms. The van der Waals surface area contributed by atoms with Gasteiger partial charge in [0.25, 0.3) is 5.91 Å². The van der Waals surface area contributed by atoms with E-state index in [4.69, 9.17) is 4.74 Å². The van der Waals surface area contributed by atoms with Crippen LogP contribution in [0, 0.1) is 0 Å². The number of esters is 1. The monoisotopic (exact) mass is 289 g/mol. The summed E-state index contributed by atoms with van der Waals surface area (Å²) in [5.41, 5.74) is 0.956. The Morgan fingerprint density at radius 3 is 2.90 bits per heavy atom. The second kappa shape index (κ2) is 7.42. The SMILES string of the molecule is CCCCCNC(=O)COC(=O)c1n[nH]c2ccccc12. The van der Waals surface area contributed by atoms with E-state index in [9.17, 15) is 9.59 Å². The summed E-state index contributed by atoms with van der Waals surface area (Å²) in [4.78, 5) is 23.4. The van der Waals surface area contributed by atoms with Crippen LogP contribution in [0.3, 0.4) is 0 Å². The molecule has 112 valence electrons. The van der Waals surface area contributed by atoms with Crippen molar-refractivity contribution in [2.24, 2.45) is 0 Å². The van der Waals surface area contributed by atoms with E-state index < -0.39 is 5.97 Å². The van der Waals surface area contributed by atoms with Crippen LogP contribution in [0.25, 0.3) is 10.9 Å². The molecule has 1 heterocycles. The summed E-state index contributed by atoms with van der Waals surface area (Å²) in [6, 6.07) is 7.26. The highest BCUT2D eigenvalue weighted by atomic mass is 16.5. The van der Waals surface area contributed by atoms with Gasteiger partial charge in [-0.1, -0.05) is 38.0 Å². The summed E-state index contributed by atoms with van der Waals surface area (Å²) in [7, 11) is 0. The third-order valence-electron chi connectivity index (χ3n) is 3.10. The average Bonchev–Trinajstić information content (AvgIpc) is 2.93. The molecule has 2 aromatic rings. The first-order valence-corrected chi connectivity index (χ1v) is 7.09. The van der Waals surface area contributed by atoms with Crippen molar-refractivity contribution in [1.82, 2.24) is 15.5 Å². The zero-order chi connectivity index (χ0) is 15.1. The Balaban J connectivity index is 1.83. The van der Waals surface area contributed by atoms with E-state index in [1.165, 1.54) is 0 Å². The molecule has 0 fully saturated rings. The van der Waals surface area contributed by atoms with Gasteiger partial charge in [0, 0.05) is 11.9 Å². The number of benzene rings is 1. The molecule has 0 spiro atoms. The Bertz CT molecular complexity index is 621. The van der Waals surface area contributed by atoms with Gasteiger partial charge in [0.1, 0.15) is 0 Å². The molecule has 0 aliphatic rings. The number of rotatable bonds is 7. The summed E-state index contributed by atoms with van der Waals surface area (Å²) in [5, 5.41) is 10.1. The number of nitrogens with zero attached hydrogens (tertiary/aromatic N) is 1. The minimum atomic E-state index is -0.601. The van der Waals surface area contributed by atoms with E-state index in [1.54, 1.807) is 6.07 Å². The average molecular weight is 289 g/mol. The predicted molar refractivity (Wildman–Crippen MR) is 78.9 cm³/mol. The number of ether oxygens (including phenoxy) is 1. The zero-order valence-electron chi connectivity index (χ0n) is 12.0. The smallest absolute Gasteiger partial charge is 0.359 e. The number of aromatic nitrogens is 2. The van der Waals surface area contributed by atoms with Gasteiger partial charge in [0.2, 0.25) is 0 Å². The summed E-state index contributed by atoms with van der Waals surface area (Å²) < 4.78 is 4.98. The number of unbranched alkanes of at least 4 members (excludes halogenated alkanes) is 2. The standard InChI is InChI=1S/C15H19N3O3/c1-2-3-6-9-16-13(19)10-21-15(20)14-11-7-4-5-8-12(11)17-18-14/h4-5,7-8H,2-3,6,9-10H2,1H3,(H,16,19)(H,17,18). The van der Waals surface area contributed by atoms with Gasteiger partial charge in [-0.3, -0.25) is 9.89 Å². The fourth-order valence-corrected chi connectivity index (χ4v) is 1.97. The molecule has 0 aliphatic carbocycles. The Hall–Kier alpha value is -2.37. The third-order valence-corrected chi connectivity index (χ3v) is 3.10. The lowest BCUT2D eigenvalue weighted by Gasteiger charge is -2.05. The number of nitrogens with one attached hydrogen (secondary N) is 2. The van der Waals surface area contributed by atoms with Crippen molar-refractivity contribution in [3.05, 3.63) is 30.0 Å². The molecule has 2 rings (SSSR count). The highest BCUT2D eigenvalue weighted by Crippen LogP contribution is 2.15. The molecule has 2 N–H and O–H groups in total. The van der Waals surface area contributed by atoms with Crippen molar-refractivity contribution in [3.63, 3.8) is 0 Å². The summed E-state index contributed by atoms with van der Waals surface area (Å²) in [6.45, 7) is 2.42. The number of fused-ring (bicyclic) bond motifs is 1. The number of aromatic amines is 1. The molecule has 1 aromatic heterocycles. The van der Waals surface area contributed by atoms with Crippen molar-refractivity contribution in [3.8, 4) is 0 Å². The van der Waals surface area contributed by atoms with E-state index in [2.05, 4.69) is 22.4 Å². The minimum Gasteiger partial charge on any atom is -0.451 e. The molecule has 6 heteroatoms. The maximum atomic E-state index is 11.9. The van der Waals surface area contributed by atoms with E-state index in [-0.39, 0.29) is 18.2 Å². The summed E-state index contributed by atoms with van der Waals surface area (Å²) in [6.07, 6.45) is 3.09. The van der Waals surface area contributed by atoms with E-state index in [1.807, 2.05) is 18.2 Å². The minimum absolute atomic E-state index is 0.199. The maximum absolute atomic E-state index is 11.9. The number of hydrogen-bond donors (Lipinski definition) is 2. The van der Waals surface area contributed by atoms with E-state index in [0.29, 0.717) is 11.9 Å². The van der Waals surface area contributed by atoms with Crippen molar-refractivity contribution >= 4 is 22.8 Å². The molecule has 0 unspecified atom stereocenters. The van der Waals surface area contributed by atoms with Gasteiger partial charge in [-0.15, -0.1) is 0 Å². The van der Waals surface area contributed by atoms with Gasteiger partial charge < -0.3 is 10.1 Å². The molecule has 0 saturated heterocycles. The van der Waals surface area contributed by atoms with Gasteiger partial charge in [-0.25, -0.2) is 4.79 Å². The second-order valence-corrected chi connectivity index (χ2v) is 4.75. The number of carbonyl (C=O) groups excluding carboxylic acids is 2. The van der Waals surface area contributed by atoms with Gasteiger partial charge >= 0.3 is 5.97 Å². The van der Waals surface area contributed by atoms with Crippen LogP contribution in [0.5, 0.6) is 0 Å². The third kappa shape index (κ3) is 4.05. The quantitative estimate of drug-likeness (QED) is 0.603. The van der Waals surface area contributed by atoms with Crippen LogP contribution in [0.1, 0.15) is 36.7 Å². The van der Waals surface area contributed by atoms with Crippen LogP contribution >= 0.6 is 0 Å². The highest BCUT2D eigenvalue weighted by molar-refractivity contribution is 6.02. The first kappa shape index (κ1) is 15.0. The molecule has 0 saturated carbocycles. The van der Waals surface area contributed by atoms with Crippen molar-refractivity contribution in [2.75, 3.05) is 13.2 Å². The van der Waals surface area contributed by atoms with Crippen LogP contribution in [-0.2, 0) is 9.53 Å². The first-order valence-electron chi connectivity index (χ1n) is 7.09. The van der Waals surface area contributed by atoms with E-state index >= 15 is 0 Å². The highest BCUT2D eigenvalue weighted by Gasteiger charge is 2.16. The molecular weight excluding hydrogens is 270 g/mol. The molecule has 0 radical (unpaired) electrons. The number of amides is 1. The number of H-pyrrole nitrogens is 1. The maximum Gasteiger partial charge on any atom is 0.359 e. The summed E-state index contributed by atoms with van der Waals surface area (Å²) in [5.74, 6) is -0.893.